The van der Waals surface area contributed by atoms with Gasteiger partial charge >= 0.3 is 12.1 Å². The molecule has 0 saturated carbocycles. The molecular weight excluding hydrogens is 272 g/mol. The monoisotopic (exact) mass is 294 g/mol. The fraction of sp³-hybridized carbons (Fsp3) is 0.467. The minimum Gasteiger partial charge on any atom is -0.465 e. The van der Waals surface area contributed by atoms with Gasteiger partial charge in [0.05, 0.1) is 18.2 Å². The van der Waals surface area contributed by atoms with E-state index >= 15 is 0 Å². The van der Waals surface area contributed by atoms with E-state index < -0.39 is 11.6 Å². The van der Waals surface area contributed by atoms with Crippen molar-refractivity contribution in [3.05, 3.63) is 35.4 Å². The Morgan fingerprint density at radius 2 is 1.81 bits per heavy atom. The van der Waals surface area contributed by atoms with Crippen LogP contribution < -0.4 is 5.43 Å². The maximum absolute atomic E-state index is 11.3. The number of nitrogens with zero attached hydrogens (tertiary/aromatic N) is 1. The maximum atomic E-state index is 11.3. The van der Waals surface area contributed by atoms with Gasteiger partial charge in [0.1, 0.15) is 0 Å². The quantitative estimate of drug-likeness (QED) is 0.643. The highest BCUT2D eigenvalue weighted by atomic mass is 16.5. The fourth-order valence-corrected chi connectivity index (χ4v) is 1.83. The number of rotatable bonds is 5. The number of carbonyl (C=O) groups excluding carboxylic acids is 1. The van der Waals surface area contributed by atoms with Crippen molar-refractivity contribution < 1.29 is 19.4 Å². The molecule has 0 spiro atoms. The van der Waals surface area contributed by atoms with Gasteiger partial charge < -0.3 is 9.84 Å². The second kappa shape index (κ2) is 7.08. The fourth-order valence-electron chi connectivity index (χ4n) is 1.83. The minimum atomic E-state index is -1.01. The number of methoxy groups -OCH3 is 1. The van der Waals surface area contributed by atoms with Crippen LogP contribution in [0.1, 0.15) is 36.7 Å². The Morgan fingerprint density at radius 3 is 2.24 bits per heavy atom. The van der Waals surface area contributed by atoms with Crippen LogP contribution in [0, 0.1) is 0 Å². The molecule has 0 radical (unpaired) electrons. The van der Waals surface area contributed by atoms with Gasteiger partial charge in [0, 0.05) is 6.54 Å². The third kappa shape index (κ3) is 5.07. The van der Waals surface area contributed by atoms with Crippen molar-refractivity contribution >= 4 is 12.1 Å². The first-order chi connectivity index (χ1) is 9.75. The normalized spacial score (nSPS) is 11.0. The first kappa shape index (κ1) is 17.0. The van der Waals surface area contributed by atoms with Gasteiger partial charge in [-0.05, 0) is 44.9 Å². The van der Waals surface area contributed by atoms with E-state index in [2.05, 4.69) is 10.2 Å². The molecule has 0 bridgehead atoms. The van der Waals surface area contributed by atoms with Crippen LogP contribution in [-0.4, -0.2) is 41.4 Å². The number of carboxylic acid groups (broad SMARTS) is 1. The average molecular weight is 294 g/mol. The van der Waals surface area contributed by atoms with Crippen molar-refractivity contribution in [3.63, 3.8) is 0 Å². The van der Waals surface area contributed by atoms with E-state index in [1.165, 1.54) is 12.1 Å². The molecule has 0 fully saturated rings. The van der Waals surface area contributed by atoms with E-state index in [1.54, 1.807) is 12.1 Å². The Morgan fingerprint density at radius 1 is 1.24 bits per heavy atom. The van der Waals surface area contributed by atoms with E-state index in [0.717, 1.165) is 5.56 Å². The summed E-state index contributed by atoms with van der Waals surface area (Å²) >= 11 is 0. The largest absolute Gasteiger partial charge is 0.465 e. The average Bonchev–Trinajstić information content (AvgIpc) is 2.41. The van der Waals surface area contributed by atoms with Gasteiger partial charge in [-0.15, -0.1) is 0 Å². The summed E-state index contributed by atoms with van der Waals surface area (Å²) in [7, 11) is 1.34. The third-order valence-electron chi connectivity index (χ3n) is 2.92. The Kier molecular flexibility index (Phi) is 5.72. The number of esters is 1. The predicted molar refractivity (Wildman–Crippen MR) is 79.1 cm³/mol. The highest BCUT2D eigenvalue weighted by Gasteiger charge is 2.25. The molecule has 1 amide bonds. The highest BCUT2D eigenvalue weighted by Crippen LogP contribution is 2.11. The Labute approximate surface area is 124 Å². The molecule has 0 aliphatic carbocycles. The standard InChI is InChI=1S/C15H22N2O4/c1-15(2,3)17(14(19)20)16-10-9-11-5-7-12(8-6-11)13(18)21-4/h5-8,16H,9-10H2,1-4H3,(H,19,20). The van der Waals surface area contributed by atoms with Gasteiger partial charge in [-0.25, -0.2) is 20.0 Å². The summed E-state index contributed by atoms with van der Waals surface area (Å²) in [4.78, 5) is 22.5. The van der Waals surface area contributed by atoms with Crippen LogP contribution in [0.5, 0.6) is 0 Å². The second-order valence-electron chi connectivity index (χ2n) is 5.64. The summed E-state index contributed by atoms with van der Waals surface area (Å²) < 4.78 is 4.63. The van der Waals surface area contributed by atoms with Crippen LogP contribution in [-0.2, 0) is 11.2 Å². The zero-order valence-corrected chi connectivity index (χ0v) is 12.8. The molecule has 6 heteroatoms. The Balaban J connectivity index is 2.56. The molecule has 0 unspecified atom stereocenters. The number of carbonyl (C=O) groups is 2. The molecule has 2 N–H and O–H groups in total. The van der Waals surface area contributed by atoms with Crippen molar-refractivity contribution in [3.8, 4) is 0 Å². The zero-order valence-electron chi connectivity index (χ0n) is 12.8. The number of hydrogen-bond donors (Lipinski definition) is 2. The number of hydrazine groups is 1. The molecule has 116 valence electrons. The summed E-state index contributed by atoms with van der Waals surface area (Å²) in [5, 5.41) is 10.3. The molecule has 0 aliphatic heterocycles. The van der Waals surface area contributed by atoms with Crippen molar-refractivity contribution in [2.75, 3.05) is 13.7 Å². The van der Waals surface area contributed by atoms with Crippen LogP contribution in [0.4, 0.5) is 4.79 Å². The van der Waals surface area contributed by atoms with Crippen molar-refractivity contribution in [2.24, 2.45) is 0 Å². The third-order valence-corrected chi connectivity index (χ3v) is 2.92. The molecule has 1 aromatic carbocycles. The lowest BCUT2D eigenvalue weighted by Crippen LogP contribution is -2.53. The molecule has 1 rings (SSSR count). The Bertz CT molecular complexity index is 491. The molecule has 0 aromatic heterocycles. The maximum Gasteiger partial charge on any atom is 0.422 e. The van der Waals surface area contributed by atoms with Gasteiger partial charge in [-0.2, -0.15) is 0 Å². The number of benzene rings is 1. The van der Waals surface area contributed by atoms with Crippen molar-refractivity contribution in [1.29, 1.82) is 0 Å². The first-order valence-corrected chi connectivity index (χ1v) is 6.69. The molecule has 0 heterocycles. The summed E-state index contributed by atoms with van der Waals surface area (Å²) in [6.45, 7) is 5.94. The van der Waals surface area contributed by atoms with E-state index in [-0.39, 0.29) is 5.97 Å². The van der Waals surface area contributed by atoms with Gasteiger partial charge in [0.25, 0.3) is 0 Å². The van der Waals surface area contributed by atoms with Crippen molar-refractivity contribution in [2.45, 2.75) is 32.7 Å². The van der Waals surface area contributed by atoms with Crippen LogP contribution >= 0.6 is 0 Å². The van der Waals surface area contributed by atoms with Gasteiger partial charge in [-0.1, -0.05) is 12.1 Å². The highest BCUT2D eigenvalue weighted by molar-refractivity contribution is 5.89. The van der Waals surface area contributed by atoms with Crippen LogP contribution in [0.25, 0.3) is 0 Å². The lowest BCUT2D eigenvalue weighted by Gasteiger charge is -2.33. The number of nitrogens with one attached hydrogen (secondary N) is 1. The summed E-state index contributed by atoms with van der Waals surface area (Å²) in [6, 6.07) is 7.05. The summed E-state index contributed by atoms with van der Waals surface area (Å²) in [6.07, 6.45) is -0.357. The molecule has 21 heavy (non-hydrogen) atoms. The zero-order chi connectivity index (χ0) is 16.0. The molecule has 0 aliphatic rings. The van der Waals surface area contributed by atoms with E-state index in [0.29, 0.717) is 18.5 Å². The summed E-state index contributed by atoms with van der Waals surface area (Å²) in [5.41, 5.74) is 3.89. The first-order valence-electron chi connectivity index (χ1n) is 6.69. The molecule has 0 saturated heterocycles. The molecule has 6 nitrogen and oxygen atoms in total. The lowest BCUT2D eigenvalue weighted by molar-refractivity contribution is 0.0598. The van der Waals surface area contributed by atoms with Crippen LogP contribution in [0.15, 0.2) is 24.3 Å². The number of amides is 1. The SMILES string of the molecule is COC(=O)c1ccc(CCNN(C(=O)O)C(C)(C)C)cc1. The van der Waals surface area contributed by atoms with Gasteiger partial charge in [0.15, 0.2) is 0 Å². The van der Waals surface area contributed by atoms with Crippen LogP contribution in [0.3, 0.4) is 0 Å². The number of ether oxygens (including phenoxy) is 1. The lowest BCUT2D eigenvalue weighted by atomic mass is 10.1. The Hall–Kier alpha value is -2.08. The number of hydrogen-bond acceptors (Lipinski definition) is 4. The van der Waals surface area contributed by atoms with E-state index in [4.69, 9.17) is 5.11 Å². The van der Waals surface area contributed by atoms with E-state index in [1.807, 2.05) is 32.9 Å². The van der Waals surface area contributed by atoms with Gasteiger partial charge in [0.2, 0.25) is 0 Å². The topological polar surface area (TPSA) is 78.9 Å². The van der Waals surface area contributed by atoms with Crippen LogP contribution in [0.2, 0.25) is 0 Å². The second-order valence-corrected chi connectivity index (χ2v) is 5.64. The molecule has 1 aromatic rings. The van der Waals surface area contributed by atoms with Crippen molar-refractivity contribution in [1.82, 2.24) is 10.4 Å². The predicted octanol–water partition coefficient (Wildman–Crippen LogP) is 2.30. The van der Waals surface area contributed by atoms with E-state index in [9.17, 15) is 9.59 Å². The molecular formula is C15H22N2O4. The minimum absolute atomic E-state index is 0.371. The molecule has 0 atom stereocenters. The smallest absolute Gasteiger partial charge is 0.422 e. The van der Waals surface area contributed by atoms with Gasteiger partial charge in [-0.3, -0.25) is 0 Å². The summed E-state index contributed by atoms with van der Waals surface area (Å²) in [5.74, 6) is -0.371.